The van der Waals surface area contributed by atoms with Crippen molar-refractivity contribution < 1.29 is 18.3 Å². The van der Waals surface area contributed by atoms with Crippen LogP contribution >= 0.6 is 0 Å². The minimum atomic E-state index is -3.82. The molecule has 0 aliphatic rings. The third-order valence-electron chi connectivity index (χ3n) is 3.62. The standard InChI is InChI=1S/C17H15NO4S/c1-12(19)17(20)15-11-18(16-10-6-5-9-14(15)16)23(21,22)13-7-3-2-4-8-13/h2-12,19H,1H3/t12-/m1/s1. The zero-order chi connectivity index (χ0) is 16.6. The highest BCUT2D eigenvalue weighted by molar-refractivity contribution is 7.90. The summed E-state index contributed by atoms with van der Waals surface area (Å²) in [6.07, 6.45) is 0.0795. The van der Waals surface area contributed by atoms with Gasteiger partial charge >= 0.3 is 0 Å². The first-order valence-electron chi connectivity index (χ1n) is 7.06. The monoisotopic (exact) mass is 329 g/mol. The number of fused-ring (bicyclic) bond motifs is 1. The van der Waals surface area contributed by atoms with E-state index in [-0.39, 0.29) is 10.5 Å². The lowest BCUT2D eigenvalue weighted by atomic mass is 10.1. The largest absolute Gasteiger partial charge is 0.385 e. The van der Waals surface area contributed by atoms with E-state index in [9.17, 15) is 18.3 Å². The Kier molecular flexibility index (Phi) is 3.79. The van der Waals surface area contributed by atoms with Crippen molar-refractivity contribution in [3.05, 3.63) is 66.4 Å². The first-order valence-corrected chi connectivity index (χ1v) is 8.50. The summed E-state index contributed by atoms with van der Waals surface area (Å²) in [4.78, 5) is 12.3. The van der Waals surface area contributed by atoms with Gasteiger partial charge in [-0.3, -0.25) is 4.79 Å². The molecule has 3 rings (SSSR count). The number of nitrogens with zero attached hydrogens (tertiary/aromatic N) is 1. The summed E-state index contributed by atoms with van der Waals surface area (Å²) in [6, 6.07) is 14.7. The van der Waals surface area contributed by atoms with Crippen LogP contribution in [-0.2, 0) is 10.0 Å². The van der Waals surface area contributed by atoms with E-state index in [0.29, 0.717) is 10.9 Å². The van der Waals surface area contributed by atoms with Crippen molar-refractivity contribution in [1.82, 2.24) is 3.97 Å². The van der Waals surface area contributed by atoms with Gasteiger partial charge in [0, 0.05) is 17.1 Å². The number of aromatic nitrogens is 1. The number of hydrogen-bond donors (Lipinski definition) is 1. The molecular weight excluding hydrogens is 314 g/mol. The quantitative estimate of drug-likeness (QED) is 0.746. The fourth-order valence-corrected chi connectivity index (χ4v) is 3.87. The van der Waals surface area contributed by atoms with E-state index in [4.69, 9.17) is 0 Å². The Labute approximate surface area is 133 Å². The zero-order valence-electron chi connectivity index (χ0n) is 12.4. The van der Waals surface area contributed by atoms with Crippen molar-refractivity contribution in [2.24, 2.45) is 0 Å². The maximum absolute atomic E-state index is 12.8. The van der Waals surface area contributed by atoms with Crippen LogP contribution < -0.4 is 0 Å². The molecule has 0 radical (unpaired) electrons. The van der Waals surface area contributed by atoms with E-state index < -0.39 is 21.9 Å². The molecule has 0 bridgehead atoms. The van der Waals surface area contributed by atoms with Crippen molar-refractivity contribution in [2.45, 2.75) is 17.9 Å². The molecule has 118 valence electrons. The van der Waals surface area contributed by atoms with Crippen LogP contribution in [-0.4, -0.2) is 29.4 Å². The number of Topliss-reactive ketones (excluding diaryl/α,β-unsaturated/α-hetero) is 1. The summed E-state index contributed by atoms with van der Waals surface area (Å²) in [5.74, 6) is -0.511. The molecule has 1 N–H and O–H groups in total. The van der Waals surface area contributed by atoms with Crippen LogP contribution in [0.15, 0.2) is 65.7 Å². The van der Waals surface area contributed by atoms with Crippen LogP contribution in [0.25, 0.3) is 10.9 Å². The first kappa shape index (κ1) is 15.5. The van der Waals surface area contributed by atoms with Gasteiger partial charge in [0.15, 0.2) is 5.78 Å². The number of aliphatic hydroxyl groups excluding tert-OH is 1. The van der Waals surface area contributed by atoms with Crippen LogP contribution in [0.1, 0.15) is 17.3 Å². The molecule has 2 aromatic carbocycles. The zero-order valence-corrected chi connectivity index (χ0v) is 13.2. The van der Waals surface area contributed by atoms with Gasteiger partial charge in [-0.15, -0.1) is 0 Å². The molecule has 0 spiro atoms. The van der Waals surface area contributed by atoms with Gasteiger partial charge < -0.3 is 5.11 Å². The van der Waals surface area contributed by atoms with E-state index in [1.165, 1.54) is 25.3 Å². The molecule has 0 saturated carbocycles. The van der Waals surface area contributed by atoms with E-state index >= 15 is 0 Å². The summed E-state index contributed by atoms with van der Waals surface area (Å²) < 4.78 is 26.8. The van der Waals surface area contributed by atoms with Gasteiger partial charge in [0.2, 0.25) is 0 Å². The number of hydrogen-bond acceptors (Lipinski definition) is 4. The Morgan fingerprint density at radius 2 is 1.65 bits per heavy atom. The fourth-order valence-electron chi connectivity index (χ4n) is 2.48. The molecule has 1 heterocycles. The van der Waals surface area contributed by atoms with Gasteiger partial charge in [-0.25, -0.2) is 12.4 Å². The molecule has 5 nitrogen and oxygen atoms in total. The number of carbonyl (C=O) groups excluding carboxylic acids is 1. The van der Waals surface area contributed by atoms with Crippen LogP contribution in [0.3, 0.4) is 0 Å². The Hall–Kier alpha value is -2.44. The molecule has 1 aromatic heterocycles. The molecule has 3 aromatic rings. The molecule has 1 atom stereocenters. The van der Waals surface area contributed by atoms with Gasteiger partial charge in [0.1, 0.15) is 6.10 Å². The number of ketones is 1. The third-order valence-corrected chi connectivity index (χ3v) is 5.31. The van der Waals surface area contributed by atoms with Crippen molar-refractivity contribution in [1.29, 1.82) is 0 Å². The molecule has 23 heavy (non-hydrogen) atoms. The molecule has 6 heteroatoms. The van der Waals surface area contributed by atoms with E-state index in [0.717, 1.165) is 3.97 Å². The maximum Gasteiger partial charge on any atom is 0.268 e. The Bertz CT molecular complexity index is 972. The topological polar surface area (TPSA) is 76.4 Å². The van der Waals surface area contributed by atoms with E-state index in [1.807, 2.05) is 0 Å². The lowest BCUT2D eigenvalue weighted by molar-refractivity contribution is 0.0781. The molecule has 0 fully saturated rings. The number of para-hydroxylation sites is 1. The first-order chi connectivity index (χ1) is 10.9. The van der Waals surface area contributed by atoms with Crippen molar-refractivity contribution >= 4 is 26.7 Å². The predicted octanol–water partition coefficient (Wildman–Crippen LogP) is 2.44. The second kappa shape index (κ2) is 5.64. The molecule has 0 saturated heterocycles. The van der Waals surface area contributed by atoms with E-state index in [2.05, 4.69) is 0 Å². The second-order valence-corrected chi connectivity index (χ2v) is 7.03. The maximum atomic E-state index is 12.8. The van der Waals surface area contributed by atoms with Gasteiger partial charge in [-0.05, 0) is 25.1 Å². The Balaban J connectivity index is 2.29. The van der Waals surface area contributed by atoms with Crippen molar-refractivity contribution in [3.63, 3.8) is 0 Å². The molecule has 0 amide bonds. The van der Waals surface area contributed by atoms with Crippen LogP contribution in [0, 0.1) is 0 Å². The summed E-state index contributed by atoms with van der Waals surface area (Å²) in [5.41, 5.74) is 0.593. The number of carbonyl (C=O) groups is 1. The van der Waals surface area contributed by atoms with Gasteiger partial charge in [0.25, 0.3) is 10.0 Å². The summed E-state index contributed by atoms with van der Waals surface area (Å²) in [5, 5.41) is 10.1. The smallest absolute Gasteiger partial charge is 0.268 e. The normalized spacial score (nSPS) is 13.1. The number of rotatable bonds is 4. The van der Waals surface area contributed by atoms with Crippen LogP contribution in [0.4, 0.5) is 0 Å². The molecule has 0 aliphatic carbocycles. The highest BCUT2D eigenvalue weighted by Gasteiger charge is 2.24. The number of aliphatic hydroxyl groups is 1. The minimum absolute atomic E-state index is 0.136. The summed E-state index contributed by atoms with van der Waals surface area (Å²) >= 11 is 0. The molecule has 0 unspecified atom stereocenters. The minimum Gasteiger partial charge on any atom is -0.385 e. The lowest BCUT2D eigenvalue weighted by Gasteiger charge is -2.07. The highest BCUT2D eigenvalue weighted by Crippen LogP contribution is 2.26. The Morgan fingerprint density at radius 3 is 2.30 bits per heavy atom. The Morgan fingerprint density at radius 1 is 1.04 bits per heavy atom. The van der Waals surface area contributed by atoms with Crippen molar-refractivity contribution in [3.8, 4) is 0 Å². The average molecular weight is 329 g/mol. The van der Waals surface area contributed by atoms with Gasteiger partial charge in [-0.1, -0.05) is 36.4 Å². The number of benzene rings is 2. The van der Waals surface area contributed by atoms with Crippen LogP contribution in [0.2, 0.25) is 0 Å². The van der Waals surface area contributed by atoms with Crippen LogP contribution in [0.5, 0.6) is 0 Å². The molecular formula is C17H15NO4S. The summed E-state index contributed by atoms with van der Waals surface area (Å²) in [6.45, 7) is 1.36. The van der Waals surface area contributed by atoms with E-state index in [1.54, 1.807) is 42.5 Å². The SMILES string of the molecule is C[C@@H](O)C(=O)c1cn(S(=O)(=O)c2ccccc2)c2ccccc12. The lowest BCUT2D eigenvalue weighted by Crippen LogP contribution is -2.16. The third kappa shape index (κ3) is 2.56. The molecule has 0 aliphatic heterocycles. The fraction of sp³-hybridized carbons (Fsp3) is 0.118. The summed E-state index contributed by atoms with van der Waals surface area (Å²) in [7, 11) is -3.82. The average Bonchev–Trinajstić information content (AvgIpc) is 2.95. The highest BCUT2D eigenvalue weighted by atomic mass is 32.2. The van der Waals surface area contributed by atoms with Crippen molar-refractivity contribution in [2.75, 3.05) is 0 Å². The van der Waals surface area contributed by atoms with Gasteiger partial charge in [0.05, 0.1) is 10.4 Å². The van der Waals surface area contributed by atoms with Gasteiger partial charge in [-0.2, -0.15) is 0 Å². The predicted molar refractivity (Wildman–Crippen MR) is 87.0 cm³/mol. The second-order valence-electron chi connectivity index (χ2n) is 5.21.